The van der Waals surface area contributed by atoms with Crippen LogP contribution in [0, 0.1) is 24.2 Å². The molecule has 1 aromatic rings. The van der Waals surface area contributed by atoms with Crippen LogP contribution >= 0.6 is 11.3 Å². The molecule has 2 heterocycles. The van der Waals surface area contributed by atoms with E-state index in [1.807, 2.05) is 39.2 Å². The SMILES string of the molecule is CC[C@H]1C(=O)C(C)(C)[C@H](O)CC(=O)O[C@H](/C(C)=C/c2csc(C)n2)C/C=C(/C)CCC[C@H](C)[C@@H]1O. The molecule has 1 aromatic heterocycles. The Bertz CT molecular complexity index is 932. The van der Waals surface area contributed by atoms with E-state index in [-0.39, 0.29) is 18.1 Å². The van der Waals surface area contributed by atoms with E-state index in [0.717, 1.165) is 35.5 Å². The van der Waals surface area contributed by atoms with Gasteiger partial charge in [0.2, 0.25) is 0 Å². The largest absolute Gasteiger partial charge is 0.457 e. The number of ether oxygens (including phenoxy) is 1. The first-order chi connectivity index (χ1) is 16.4. The zero-order valence-electron chi connectivity index (χ0n) is 22.3. The Morgan fingerprint density at radius 2 is 1.97 bits per heavy atom. The molecule has 0 spiro atoms. The van der Waals surface area contributed by atoms with Crippen molar-refractivity contribution >= 4 is 29.2 Å². The Morgan fingerprint density at radius 1 is 1.29 bits per heavy atom. The molecule has 2 rings (SSSR count). The molecular formula is C28H43NO5S. The van der Waals surface area contributed by atoms with Gasteiger partial charge in [-0.3, -0.25) is 9.59 Å². The van der Waals surface area contributed by atoms with Gasteiger partial charge in [-0.05, 0) is 64.0 Å². The van der Waals surface area contributed by atoms with Crippen LogP contribution in [0.1, 0.15) is 90.8 Å². The van der Waals surface area contributed by atoms with Crippen molar-refractivity contribution in [3.05, 3.63) is 33.3 Å². The highest BCUT2D eigenvalue weighted by atomic mass is 32.1. The molecular weight excluding hydrogens is 462 g/mol. The number of ketones is 1. The Labute approximate surface area is 214 Å². The Morgan fingerprint density at radius 3 is 2.57 bits per heavy atom. The van der Waals surface area contributed by atoms with Crippen LogP contribution in [0.5, 0.6) is 0 Å². The lowest BCUT2D eigenvalue weighted by molar-refractivity contribution is -0.154. The molecule has 5 atom stereocenters. The number of aryl methyl sites for hydroxylation is 1. The number of nitrogens with zero attached hydrogens (tertiary/aromatic N) is 1. The van der Waals surface area contributed by atoms with Crippen LogP contribution in [0.2, 0.25) is 0 Å². The molecule has 0 radical (unpaired) electrons. The maximum Gasteiger partial charge on any atom is 0.309 e. The number of aliphatic hydroxyl groups is 2. The number of aliphatic hydroxyl groups excluding tert-OH is 2. The predicted molar refractivity (Wildman–Crippen MR) is 141 cm³/mol. The molecule has 0 aromatic carbocycles. The molecule has 0 aliphatic carbocycles. The van der Waals surface area contributed by atoms with Crippen LogP contribution in [0.4, 0.5) is 0 Å². The van der Waals surface area contributed by atoms with E-state index in [0.29, 0.717) is 12.8 Å². The van der Waals surface area contributed by atoms with Crippen LogP contribution in [-0.4, -0.2) is 45.3 Å². The first-order valence-corrected chi connectivity index (χ1v) is 13.6. The van der Waals surface area contributed by atoms with Crippen molar-refractivity contribution in [3.63, 3.8) is 0 Å². The van der Waals surface area contributed by atoms with Crippen molar-refractivity contribution in [2.75, 3.05) is 0 Å². The van der Waals surface area contributed by atoms with Crippen LogP contribution in [0.25, 0.3) is 6.08 Å². The van der Waals surface area contributed by atoms with E-state index in [1.54, 1.807) is 25.2 Å². The van der Waals surface area contributed by atoms with E-state index in [1.165, 1.54) is 5.57 Å². The highest BCUT2D eigenvalue weighted by molar-refractivity contribution is 7.09. The van der Waals surface area contributed by atoms with Gasteiger partial charge in [-0.1, -0.05) is 39.3 Å². The lowest BCUT2D eigenvalue weighted by Gasteiger charge is -2.35. The second-order valence-electron chi connectivity index (χ2n) is 10.6. The van der Waals surface area contributed by atoms with Gasteiger partial charge in [-0.15, -0.1) is 11.3 Å². The molecule has 1 aliphatic rings. The first-order valence-electron chi connectivity index (χ1n) is 12.7. The zero-order valence-corrected chi connectivity index (χ0v) is 23.2. The molecule has 0 unspecified atom stereocenters. The van der Waals surface area contributed by atoms with Gasteiger partial charge in [0.25, 0.3) is 0 Å². The average Bonchev–Trinajstić information content (AvgIpc) is 3.20. The number of aromatic nitrogens is 1. The summed E-state index contributed by atoms with van der Waals surface area (Å²) in [6, 6.07) is 0. The smallest absolute Gasteiger partial charge is 0.309 e. The van der Waals surface area contributed by atoms with Crippen molar-refractivity contribution in [2.24, 2.45) is 17.3 Å². The van der Waals surface area contributed by atoms with Gasteiger partial charge in [0.05, 0.1) is 34.7 Å². The van der Waals surface area contributed by atoms with Crippen LogP contribution < -0.4 is 0 Å². The molecule has 0 saturated heterocycles. The van der Waals surface area contributed by atoms with Gasteiger partial charge in [0, 0.05) is 17.7 Å². The van der Waals surface area contributed by atoms with E-state index in [9.17, 15) is 19.8 Å². The monoisotopic (exact) mass is 505 g/mol. The fourth-order valence-corrected chi connectivity index (χ4v) is 5.19. The van der Waals surface area contributed by atoms with Crippen LogP contribution in [0.15, 0.2) is 22.6 Å². The molecule has 0 fully saturated rings. The van der Waals surface area contributed by atoms with Crippen molar-refractivity contribution in [3.8, 4) is 0 Å². The van der Waals surface area contributed by atoms with Crippen LogP contribution in [0.3, 0.4) is 0 Å². The summed E-state index contributed by atoms with van der Waals surface area (Å²) < 4.78 is 5.83. The Kier molecular flexibility index (Phi) is 10.9. The highest BCUT2D eigenvalue weighted by Crippen LogP contribution is 2.34. The Balaban J connectivity index is 2.35. The summed E-state index contributed by atoms with van der Waals surface area (Å²) in [4.78, 5) is 30.8. The van der Waals surface area contributed by atoms with E-state index < -0.39 is 35.6 Å². The van der Waals surface area contributed by atoms with Crippen molar-refractivity contribution in [2.45, 2.75) is 105 Å². The lowest BCUT2D eigenvalue weighted by Crippen LogP contribution is -2.46. The minimum atomic E-state index is -1.21. The molecule has 0 bridgehead atoms. The van der Waals surface area contributed by atoms with Crippen molar-refractivity contribution in [1.29, 1.82) is 0 Å². The fourth-order valence-electron chi connectivity index (χ4n) is 4.62. The second kappa shape index (κ2) is 12.9. The molecule has 1 aliphatic heterocycles. The molecule has 0 amide bonds. The van der Waals surface area contributed by atoms with Gasteiger partial charge < -0.3 is 14.9 Å². The number of cyclic esters (lactones) is 1. The lowest BCUT2D eigenvalue weighted by atomic mass is 9.71. The minimum absolute atomic E-state index is 0.0398. The molecule has 2 N–H and O–H groups in total. The molecule has 6 nitrogen and oxygen atoms in total. The maximum atomic E-state index is 13.4. The summed E-state index contributed by atoms with van der Waals surface area (Å²) in [7, 11) is 0. The van der Waals surface area contributed by atoms with Gasteiger partial charge in [-0.2, -0.15) is 0 Å². The summed E-state index contributed by atoms with van der Waals surface area (Å²) in [6.45, 7) is 13.1. The number of thiazole rings is 1. The topological polar surface area (TPSA) is 96.7 Å². The number of hydrogen-bond acceptors (Lipinski definition) is 7. The third kappa shape index (κ3) is 8.09. The van der Waals surface area contributed by atoms with Gasteiger partial charge in [-0.25, -0.2) is 4.98 Å². The number of Topliss-reactive ketones (excluding diaryl/α,β-unsaturated/α-hetero) is 1. The minimum Gasteiger partial charge on any atom is -0.457 e. The van der Waals surface area contributed by atoms with Gasteiger partial charge in [0.1, 0.15) is 11.9 Å². The number of esters is 1. The standard InChI is InChI=1S/C28H43NO5S/c1-8-22-26(32)18(3)11-9-10-17(2)12-13-23(19(4)14-21-16-35-20(5)29-21)34-25(31)15-24(30)28(6,7)27(22)33/h12,14,16,18,22-24,26,30,32H,8-11,13,15H2,1-7H3/b17-12-,19-14+/t18-,22+,23-,24+,26-/m0/s1. The zero-order chi connectivity index (χ0) is 26.3. The van der Waals surface area contributed by atoms with Crippen LogP contribution in [-0.2, 0) is 14.3 Å². The van der Waals surface area contributed by atoms with E-state index in [4.69, 9.17) is 4.74 Å². The second-order valence-corrected chi connectivity index (χ2v) is 11.7. The highest BCUT2D eigenvalue weighted by Gasteiger charge is 2.43. The van der Waals surface area contributed by atoms with Crippen molar-refractivity contribution in [1.82, 2.24) is 4.98 Å². The molecule has 0 saturated carbocycles. The number of carbonyl (C=O) groups is 2. The normalized spacial score (nSPS) is 31.5. The molecule has 196 valence electrons. The van der Waals surface area contributed by atoms with E-state index >= 15 is 0 Å². The number of carbonyl (C=O) groups excluding carboxylic acids is 2. The third-order valence-electron chi connectivity index (χ3n) is 7.30. The fraction of sp³-hybridized carbons (Fsp3) is 0.679. The van der Waals surface area contributed by atoms with Gasteiger partial charge in [0.15, 0.2) is 0 Å². The quantitative estimate of drug-likeness (QED) is 0.407. The van der Waals surface area contributed by atoms with Crippen molar-refractivity contribution < 1.29 is 24.5 Å². The maximum absolute atomic E-state index is 13.4. The molecule has 35 heavy (non-hydrogen) atoms. The summed E-state index contributed by atoms with van der Waals surface area (Å²) in [6.07, 6.45) is 4.85. The summed E-state index contributed by atoms with van der Waals surface area (Å²) >= 11 is 1.56. The predicted octanol–water partition coefficient (Wildman–Crippen LogP) is 5.66. The number of hydrogen-bond donors (Lipinski definition) is 2. The van der Waals surface area contributed by atoms with E-state index in [2.05, 4.69) is 18.0 Å². The van der Waals surface area contributed by atoms with Gasteiger partial charge >= 0.3 is 5.97 Å². The Hall–Kier alpha value is -1.83. The molecule has 7 heteroatoms. The number of allylic oxidation sites excluding steroid dienone is 1. The first kappa shape index (κ1) is 29.4. The summed E-state index contributed by atoms with van der Waals surface area (Å²) in [5.74, 6) is -1.39. The average molecular weight is 506 g/mol. The summed E-state index contributed by atoms with van der Waals surface area (Å²) in [5, 5.41) is 24.8. The number of rotatable bonds is 3. The third-order valence-corrected chi connectivity index (χ3v) is 8.10. The summed E-state index contributed by atoms with van der Waals surface area (Å²) in [5.41, 5.74) is 1.72.